The maximum Gasteiger partial charge on any atom is 0.153 e. The van der Waals surface area contributed by atoms with E-state index in [0.717, 1.165) is 133 Å². The van der Waals surface area contributed by atoms with Crippen LogP contribution >= 0.6 is 11.3 Å². The second-order valence-electron chi connectivity index (χ2n) is 21.0. The number of rotatable bonds is 4. The van der Waals surface area contributed by atoms with Crippen molar-refractivity contribution in [3.8, 4) is 47.5 Å². The highest BCUT2D eigenvalue weighted by molar-refractivity contribution is 7.26. The van der Waals surface area contributed by atoms with Crippen molar-refractivity contribution >= 4 is 141 Å². The first kappa shape index (κ1) is 48.3. The Morgan fingerprint density at radius 1 is 0.337 bits per heavy atom. The van der Waals surface area contributed by atoms with E-state index in [2.05, 4.69) is 119 Å². The van der Waals surface area contributed by atoms with Gasteiger partial charge in [-0.25, -0.2) is 9.97 Å². The van der Waals surface area contributed by atoms with Crippen LogP contribution in [0.3, 0.4) is 0 Å². The maximum atomic E-state index is 9.59. The second kappa shape index (κ2) is 18.5. The minimum Gasteiger partial charge on any atom is -0.454 e. The molecule has 0 radical (unpaired) electrons. The average molecular weight is 1120 g/mol. The molecule has 0 N–H and O–H groups in total. The first-order valence-electron chi connectivity index (χ1n) is 27.6. The van der Waals surface area contributed by atoms with Gasteiger partial charge in [-0.2, -0.15) is 21.0 Å². The van der Waals surface area contributed by atoms with Crippen molar-refractivity contribution in [1.29, 1.82) is 21.0 Å². The minimum atomic E-state index is 0.563. The average Bonchev–Trinajstić information content (AvgIpc) is 2.20. The molecule has 18 aromatic rings. The third kappa shape index (κ3) is 7.00. The lowest BCUT2D eigenvalue weighted by Gasteiger charge is -2.11. The second-order valence-corrected chi connectivity index (χ2v) is 22.1. The Morgan fingerprint density at radius 2 is 0.744 bits per heavy atom. The summed E-state index contributed by atoms with van der Waals surface area (Å²) in [5, 5.41) is 48.6. The summed E-state index contributed by atoms with van der Waals surface area (Å²) in [6, 6.07) is 76.9. The molecule has 10 aromatic heterocycles. The largest absolute Gasteiger partial charge is 0.454 e. The number of fused-ring (bicyclic) bond motifs is 20. The summed E-state index contributed by atoms with van der Waals surface area (Å²) < 4.78 is 17.4. The van der Waals surface area contributed by atoms with Crippen molar-refractivity contribution in [3.63, 3.8) is 0 Å². The molecule has 0 amide bonds. The topological polar surface area (TPSA) is 180 Å². The summed E-state index contributed by atoms with van der Waals surface area (Å²) >= 11 is 1.78. The first-order chi connectivity index (χ1) is 42.5. The highest BCUT2D eigenvalue weighted by Crippen LogP contribution is 2.44. The van der Waals surface area contributed by atoms with E-state index in [0.29, 0.717) is 22.3 Å². The molecule has 0 aliphatic carbocycles. The molecule has 10 heterocycles. The summed E-state index contributed by atoms with van der Waals surface area (Å²) in [5.41, 5.74) is 13.6. The molecule has 0 spiro atoms. The van der Waals surface area contributed by atoms with Crippen molar-refractivity contribution in [1.82, 2.24) is 38.2 Å². The Bertz CT molecular complexity index is 5660. The van der Waals surface area contributed by atoms with Crippen LogP contribution in [0.4, 0.5) is 0 Å². The predicted molar refractivity (Wildman–Crippen MR) is 340 cm³/mol. The number of nitrogens with zero attached hydrogens (tertiary/aromatic N) is 12. The van der Waals surface area contributed by atoms with Crippen molar-refractivity contribution in [3.05, 3.63) is 241 Å². The van der Waals surface area contributed by atoms with Crippen molar-refractivity contribution in [2.75, 3.05) is 0 Å². The molecule has 86 heavy (non-hydrogen) atoms. The van der Waals surface area contributed by atoms with Crippen LogP contribution in [0.5, 0.6) is 0 Å². The molecule has 8 aromatic carbocycles. The molecule has 14 heteroatoms. The van der Waals surface area contributed by atoms with E-state index >= 15 is 0 Å². The van der Waals surface area contributed by atoms with Crippen molar-refractivity contribution < 1.29 is 4.42 Å². The quantitative estimate of drug-likeness (QED) is 0.166. The van der Waals surface area contributed by atoms with Crippen LogP contribution in [0, 0.1) is 45.3 Å². The van der Waals surface area contributed by atoms with Gasteiger partial charge in [-0.1, -0.05) is 48.5 Å². The summed E-state index contributed by atoms with van der Waals surface area (Å²) in [7, 11) is 0. The number of furan rings is 1. The number of aromatic nitrogens is 8. The van der Waals surface area contributed by atoms with E-state index in [4.69, 9.17) is 14.4 Å². The number of hydrogen-bond donors (Lipinski definition) is 0. The van der Waals surface area contributed by atoms with E-state index in [1.54, 1.807) is 17.5 Å². The fourth-order valence-corrected chi connectivity index (χ4v) is 14.1. The van der Waals surface area contributed by atoms with E-state index < -0.39 is 0 Å². The van der Waals surface area contributed by atoms with Gasteiger partial charge in [0.15, 0.2) is 5.58 Å². The number of benzene rings is 8. The van der Waals surface area contributed by atoms with Gasteiger partial charge in [0.2, 0.25) is 0 Å². The van der Waals surface area contributed by atoms with Gasteiger partial charge in [0.05, 0.1) is 106 Å². The van der Waals surface area contributed by atoms with E-state index in [9.17, 15) is 21.0 Å². The third-order valence-corrected chi connectivity index (χ3v) is 17.6. The molecule has 0 saturated heterocycles. The number of pyridine rings is 4. The van der Waals surface area contributed by atoms with Crippen LogP contribution in [0.25, 0.3) is 153 Å². The molecular formula is C72H36N12OS. The van der Waals surface area contributed by atoms with Crippen LogP contribution < -0.4 is 0 Å². The zero-order chi connectivity index (χ0) is 57.3. The van der Waals surface area contributed by atoms with Crippen LogP contribution in [0.15, 0.2) is 223 Å². The van der Waals surface area contributed by atoms with Gasteiger partial charge in [-0.3, -0.25) is 28.2 Å². The van der Waals surface area contributed by atoms with Crippen LogP contribution in [-0.4, -0.2) is 38.2 Å². The zero-order valence-electron chi connectivity index (χ0n) is 45.0. The van der Waals surface area contributed by atoms with Crippen LogP contribution in [0.2, 0.25) is 0 Å². The minimum absolute atomic E-state index is 0.563. The number of para-hydroxylation sites is 2. The molecule has 0 unspecified atom stereocenters. The highest BCUT2D eigenvalue weighted by atomic mass is 32.1. The Hall–Kier alpha value is -12.5. The molecule has 0 bridgehead atoms. The smallest absolute Gasteiger partial charge is 0.153 e. The molecular weight excluding hydrogens is 1080 g/mol. The third-order valence-electron chi connectivity index (χ3n) is 16.5. The lowest BCUT2D eigenvalue weighted by atomic mass is 10.1. The van der Waals surface area contributed by atoms with Crippen molar-refractivity contribution in [2.24, 2.45) is 0 Å². The van der Waals surface area contributed by atoms with Gasteiger partial charge in [0.25, 0.3) is 0 Å². The van der Waals surface area contributed by atoms with Gasteiger partial charge in [-0.05, 0) is 158 Å². The number of nitriles is 4. The van der Waals surface area contributed by atoms with E-state index in [-0.39, 0.29) is 0 Å². The van der Waals surface area contributed by atoms with E-state index in [1.165, 1.54) is 20.2 Å². The van der Waals surface area contributed by atoms with E-state index in [1.807, 2.05) is 146 Å². The molecule has 396 valence electrons. The standard InChI is InChI=1S/C36H18N6O.C36H18N6S/c2*37-19-21-10-13-28-25(17-21)26-18-22(20-38)11-14-29(26)41(28)32-8-3-9-33(40-32)42-27-6-2-1-5-23(27)34-30(42)15-12-24-35-31(43-36(24)34)7-4-16-39-35/h2*1-18H. The molecule has 18 rings (SSSR count). The highest BCUT2D eigenvalue weighted by Gasteiger charge is 2.23. The lowest BCUT2D eigenvalue weighted by molar-refractivity contribution is 0.672. The fourth-order valence-electron chi connectivity index (χ4n) is 12.8. The maximum absolute atomic E-state index is 9.59. The molecule has 0 aliphatic rings. The van der Waals surface area contributed by atoms with Crippen molar-refractivity contribution in [2.45, 2.75) is 0 Å². The van der Waals surface area contributed by atoms with Gasteiger partial charge in [0, 0.05) is 65.6 Å². The summed E-state index contributed by atoms with van der Waals surface area (Å²) in [4.78, 5) is 19.7. The number of thiophene rings is 1. The molecule has 0 atom stereocenters. The Labute approximate surface area is 490 Å². The molecule has 13 nitrogen and oxygen atoms in total. The first-order valence-corrected chi connectivity index (χ1v) is 28.4. The summed E-state index contributed by atoms with van der Waals surface area (Å²) in [6.45, 7) is 0. The lowest BCUT2D eigenvalue weighted by Crippen LogP contribution is -2.03. The number of hydrogen-bond acceptors (Lipinski definition) is 10. The van der Waals surface area contributed by atoms with Gasteiger partial charge in [-0.15, -0.1) is 11.3 Å². The van der Waals surface area contributed by atoms with Gasteiger partial charge < -0.3 is 4.42 Å². The summed E-state index contributed by atoms with van der Waals surface area (Å²) in [6.07, 6.45) is 3.64. The normalized spacial score (nSPS) is 11.7. The van der Waals surface area contributed by atoms with Gasteiger partial charge >= 0.3 is 0 Å². The SMILES string of the molecule is N#Cc1ccc2c(c1)c1cc(C#N)ccc1n2-c1cccc(-n2c3ccccc3c3c4oc5cccnc5c4ccc32)n1.N#Cc1ccc2c(c1)c1cc(C#N)ccc1n2-c1cccc(-n2c3ccccc3c3c4sc5cccnc5c4ccc32)n1. The zero-order valence-corrected chi connectivity index (χ0v) is 45.8. The summed E-state index contributed by atoms with van der Waals surface area (Å²) in [5.74, 6) is 3.05. The Morgan fingerprint density at radius 3 is 1.24 bits per heavy atom. The molecule has 0 fully saturated rings. The molecule has 0 aliphatic heterocycles. The van der Waals surface area contributed by atoms with Gasteiger partial charge in [0.1, 0.15) is 34.4 Å². The Balaban J connectivity index is 0.000000134. The molecule has 0 saturated carbocycles. The van der Waals surface area contributed by atoms with Crippen LogP contribution in [-0.2, 0) is 0 Å². The monoisotopic (exact) mass is 1120 g/mol. The Kier molecular flexibility index (Phi) is 10.4. The fraction of sp³-hybridized carbons (Fsp3) is 0. The predicted octanol–water partition coefficient (Wildman–Crippen LogP) is 17.1. The van der Waals surface area contributed by atoms with Crippen LogP contribution in [0.1, 0.15) is 22.3 Å².